The van der Waals surface area contributed by atoms with Gasteiger partial charge in [-0.05, 0) is 55.7 Å². The van der Waals surface area contributed by atoms with Crippen LogP contribution in [0.1, 0.15) is 16.7 Å². The van der Waals surface area contributed by atoms with Gasteiger partial charge in [-0.25, -0.2) is 8.42 Å². The van der Waals surface area contributed by atoms with E-state index in [2.05, 4.69) is 0 Å². The van der Waals surface area contributed by atoms with Crippen LogP contribution in [0.5, 0.6) is 11.5 Å². The van der Waals surface area contributed by atoms with Gasteiger partial charge >= 0.3 is 0 Å². The highest BCUT2D eigenvalue weighted by Crippen LogP contribution is 2.35. The zero-order valence-electron chi connectivity index (χ0n) is 11.5. The number of rotatable bonds is 2. The summed E-state index contributed by atoms with van der Waals surface area (Å²) in [6.45, 7) is 5.17. The molecule has 2 N–H and O–H groups in total. The molecule has 4 nitrogen and oxygen atoms in total. The maximum Gasteiger partial charge on any atom is 0.213 e. The minimum absolute atomic E-state index is 0.193. The highest BCUT2D eigenvalue weighted by atomic mass is 32.2. The maximum atomic E-state index is 12.6. The molecule has 0 aliphatic heterocycles. The number of para-hydroxylation sites is 1. The molecule has 0 unspecified atom stereocenters. The van der Waals surface area contributed by atoms with Gasteiger partial charge in [0.05, 0.1) is 0 Å². The summed E-state index contributed by atoms with van der Waals surface area (Å²) in [5.74, 6) is -0.598. The SMILES string of the molecule is Cc1cc(O)c(S(=O)(=O)c2cccc(C)c2O)cc1C. The molecule has 0 aliphatic carbocycles. The van der Waals surface area contributed by atoms with Crippen molar-refractivity contribution in [3.63, 3.8) is 0 Å². The molecule has 0 atom stereocenters. The van der Waals surface area contributed by atoms with Gasteiger partial charge in [0.15, 0.2) is 0 Å². The Kier molecular flexibility index (Phi) is 3.48. The highest BCUT2D eigenvalue weighted by molar-refractivity contribution is 7.91. The molecule has 0 radical (unpaired) electrons. The summed E-state index contributed by atoms with van der Waals surface area (Å²) in [5.41, 5.74) is 2.03. The van der Waals surface area contributed by atoms with Crippen LogP contribution in [0.4, 0.5) is 0 Å². The number of hydrogen-bond acceptors (Lipinski definition) is 4. The Morgan fingerprint density at radius 3 is 2.10 bits per heavy atom. The Hall–Kier alpha value is -2.01. The molecule has 2 aromatic rings. The molecule has 0 fully saturated rings. The van der Waals surface area contributed by atoms with Crippen LogP contribution in [0.25, 0.3) is 0 Å². The molecule has 0 spiro atoms. The lowest BCUT2D eigenvalue weighted by atomic mass is 10.1. The molecular weight excluding hydrogens is 276 g/mol. The van der Waals surface area contributed by atoms with Gasteiger partial charge in [0.25, 0.3) is 0 Å². The van der Waals surface area contributed by atoms with Crippen LogP contribution in [-0.2, 0) is 9.84 Å². The monoisotopic (exact) mass is 292 g/mol. The molecule has 0 heterocycles. The lowest BCUT2D eigenvalue weighted by Crippen LogP contribution is -2.04. The number of sulfone groups is 1. The number of benzene rings is 2. The molecule has 0 aliphatic rings. The van der Waals surface area contributed by atoms with Gasteiger partial charge in [0.2, 0.25) is 9.84 Å². The van der Waals surface area contributed by atoms with Gasteiger partial charge < -0.3 is 10.2 Å². The van der Waals surface area contributed by atoms with E-state index in [9.17, 15) is 18.6 Å². The zero-order valence-corrected chi connectivity index (χ0v) is 12.3. The van der Waals surface area contributed by atoms with Crippen LogP contribution in [0.3, 0.4) is 0 Å². The van der Waals surface area contributed by atoms with E-state index in [1.807, 2.05) is 0 Å². The van der Waals surface area contributed by atoms with E-state index in [-0.39, 0.29) is 21.3 Å². The van der Waals surface area contributed by atoms with E-state index in [1.54, 1.807) is 32.9 Å². The molecule has 0 saturated heterocycles. The van der Waals surface area contributed by atoms with Crippen molar-refractivity contribution >= 4 is 9.84 Å². The van der Waals surface area contributed by atoms with Gasteiger partial charge in [-0.2, -0.15) is 0 Å². The van der Waals surface area contributed by atoms with Crippen LogP contribution in [0.15, 0.2) is 40.1 Å². The van der Waals surface area contributed by atoms with Gasteiger partial charge in [0, 0.05) is 0 Å². The van der Waals surface area contributed by atoms with Gasteiger partial charge in [-0.1, -0.05) is 12.1 Å². The van der Waals surface area contributed by atoms with Crippen molar-refractivity contribution in [2.45, 2.75) is 30.6 Å². The summed E-state index contributed by atoms with van der Waals surface area (Å²) in [6.07, 6.45) is 0. The normalized spacial score (nSPS) is 11.6. The lowest BCUT2D eigenvalue weighted by Gasteiger charge is -2.11. The van der Waals surface area contributed by atoms with Crippen molar-refractivity contribution in [2.24, 2.45) is 0 Å². The molecule has 0 aromatic heterocycles. The summed E-state index contributed by atoms with van der Waals surface area (Å²) in [5, 5.41) is 19.9. The number of phenols is 2. The first-order valence-electron chi connectivity index (χ1n) is 6.09. The average Bonchev–Trinajstić information content (AvgIpc) is 2.36. The Morgan fingerprint density at radius 2 is 1.45 bits per heavy atom. The largest absolute Gasteiger partial charge is 0.507 e. The van der Waals surface area contributed by atoms with Gasteiger partial charge in [0.1, 0.15) is 21.3 Å². The fraction of sp³-hybridized carbons (Fsp3) is 0.200. The Labute approximate surface area is 118 Å². The highest BCUT2D eigenvalue weighted by Gasteiger charge is 2.25. The predicted molar refractivity (Wildman–Crippen MR) is 75.9 cm³/mol. The number of phenolic OH excluding ortho intramolecular Hbond substituents is 2. The third kappa shape index (κ3) is 2.25. The number of aryl methyl sites for hydroxylation is 3. The van der Waals surface area contributed by atoms with E-state index in [0.717, 1.165) is 11.1 Å². The van der Waals surface area contributed by atoms with Crippen molar-refractivity contribution in [2.75, 3.05) is 0 Å². The Balaban J connectivity index is 2.74. The third-order valence-corrected chi connectivity index (χ3v) is 5.17. The molecule has 106 valence electrons. The van der Waals surface area contributed by atoms with Gasteiger partial charge in [-0.15, -0.1) is 0 Å². The van der Waals surface area contributed by atoms with Crippen molar-refractivity contribution < 1.29 is 18.6 Å². The topological polar surface area (TPSA) is 74.6 Å². The van der Waals surface area contributed by atoms with Gasteiger partial charge in [-0.3, -0.25) is 0 Å². The molecule has 2 aromatic carbocycles. The fourth-order valence-electron chi connectivity index (χ4n) is 1.96. The van der Waals surface area contributed by atoms with Crippen LogP contribution in [0, 0.1) is 20.8 Å². The molecule has 0 bridgehead atoms. The van der Waals surface area contributed by atoms with Crippen molar-refractivity contribution in [1.29, 1.82) is 0 Å². The lowest BCUT2D eigenvalue weighted by molar-refractivity contribution is 0.450. The van der Waals surface area contributed by atoms with E-state index >= 15 is 0 Å². The van der Waals surface area contributed by atoms with E-state index in [0.29, 0.717) is 5.56 Å². The number of hydrogen-bond donors (Lipinski definition) is 2. The van der Waals surface area contributed by atoms with Crippen molar-refractivity contribution in [3.8, 4) is 11.5 Å². The first-order valence-corrected chi connectivity index (χ1v) is 7.57. The average molecular weight is 292 g/mol. The minimum Gasteiger partial charge on any atom is -0.507 e. The summed E-state index contributed by atoms with van der Waals surface area (Å²) in [6, 6.07) is 7.33. The summed E-state index contributed by atoms with van der Waals surface area (Å²) in [7, 11) is -3.96. The second kappa shape index (κ2) is 4.83. The molecule has 0 amide bonds. The smallest absolute Gasteiger partial charge is 0.213 e. The third-order valence-electron chi connectivity index (χ3n) is 3.36. The first kappa shape index (κ1) is 14.4. The van der Waals surface area contributed by atoms with Crippen molar-refractivity contribution in [1.82, 2.24) is 0 Å². The quantitative estimate of drug-likeness (QED) is 0.892. The molecule has 0 saturated carbocycles. The zero-order chi connectivity index (χ0) is 15.1. The second-order valence-corrected chi connectivity index (χ2v) is 6.72. The van der Waals surface area contributed by atoms with E-state index < -0.39 is 9.84 Å². The maximum absolute atomic E-state index is 12.6. The van der Waals surface area contributed by atoms with Crippen LogP contribution < -0.4 is 0 Å². The van der Waals surface area contributed by atoms with E-state index in [1.165, 1.54) is 18.2 Å². The second-order valence-electron chi connectivity index (χ2n) is 4.83. The fourth-order valence-corrected chi connectivity index (χ4v) is 3.53. The van der Waals surface area contributed by atoms with Crippen LogP contribution in [0.2, 0.25) is 0 Å². The Morgan fingerprint density at radius 1 is 0.850 bits per heavy atom. The van der Waals surface area contributed by atoms with Crippen molar-refractivity contribution in [3.05, 3.63) is 47.0 Å². The minimum atomic E-state index is -3.96. The predicted octanol–water partition coefficient (Wildman–Crippen LogP) is 2.86. The molecule has 2 rings (SSSR count). The summed E-state index contributed by atoms with van der Waals surface area (Å²) < 4.78 is 25.1. The van der Waals surface area contributed by atoms with E-state index in [4.69, 9.17) is 0 Å². The number of aromatic hydroxyl groups is 2. The molecule has 5 heteroatoms. The summed E-state index contributed by atoms with van der Waals surface area (Å²) in [4.78, 5) is -0.391. The standard InChI is InChI=1S/C15H16O4S/c1-9-5-4-6-13(15(9)17)20(18,19)14-8-11(3)10(2)7-12(14)16/h4-8,16-17H,1-3H3. The molecular formula is C15H16O4S. The van der Waals surface area contributed by atoms with Crippen LogP contribution in [-0.4, -0.2) is 18.6 Å². The molecule has 20 heavy (non-hydrogen) atoms. The summed E-state index contributed by atoms with van der Waals surface area (Å²) >= 11 is 0. The first-order chi connectivity index (χ1) is 9.25. The Bertz CT molecular complexity index is 777. The van der Waals surface area contributed by atoms with Crippen LogP contribution >= 0.6 is 0 Å².